The molecular weight excluding hydrogens is 222 g/mol. The minimum atomic E-state index is -0.682. The first kappa shape index (κ1) is 12.3. The van der Waals surface area contributed by atoms with Crippen LogP contribution in [0.1, 0.15) is 33.9 Å². The fraction of sp³-hybridized carbons (Fsp3) is 0.188. The van der Waals surface area contributed by atoms with Gasteiger partial charge in [-0.2, -0.15) is 5.26 Å². The largest absolute Gasteiger partial charge is 0.384 e. The Morgan fingerprint density at radius 1 is 1.11 bits per heavy atom. The van der Waals surface area contributed by atoms with Crippen molar-refractivity contribution >= 4 is 0 Å². The first-order valence-electron chi connectivity index (χ1n) is 5.87. The zero-order valence-corrected chi connectivity index (χ0v) is 10.5. The summed E-state index contributed by atoms with van der Waals surface area (Å²) in [6.45, 7) is 4.03. The standard InChI is InChI=1S/C16H15NO/c1-11-5-3-8-15(12(11)2)16(18)14-7-4-6-13(9-14)10-17/h3-9,16,18H,1-2H3. The second-order valence-electron chi connectivity index (χ2n) is 4.43. The fourth-order valence-corrected chi connectivity index (χ4v) is 2.03. The Kier molecular flexibility index (Phi) is 3.45. The average molecular weight is 237 g/mol. The van der Waals surface area contributed by atoms with Gasteiger partial charge in [0.2, 0.25) is 0 Å². The van der Waals surface area contributed by atoms with E-state index in [2.05, 4.69) is 6.07 Å². The maximum Gasteiger partial charge on any atom is 0.104 e. The van der Waals surface area contributed by atoms with Crippen molar-refractivity contribution in [1.29, 1.82) is 5.26 Å². The lowest BCUT2D eigenvalue weighted by atomic mass is 9.94. The highest BCUT2D eigenvalue weighted by Crippen LogP contribution is 2.26. The van der Waals surface area contributed by atoms with Crippen LogP contribution in [0, 0.1) is 25.2 Å². The van der Waals surface area contributed by atoms with Crippen molar-refractivity contribution < 1.29 is 5.11 Å². The summed E-state index contributed by atoms with van der Waals surface area (Å²) in [5.74, 6) is 0. The molecule has 1 N–H and O–H groups in total. The lowest BCUT2D eigenvalue weighted by Crippen LogP contribution is -2.03. The molecule has 0 aliphatic carbocycles. The van der Waals surface area contributed by atoms with E-state index in [0.717, 1.165) is 22.3 Å². The van der Waals surface area contributed by atoms with Gasteiger partial charge in [0.1, 0.15) is 6.10 Å². The molecule has 0 radical (unpaired) electrons. The van der Waals surface area contributed by atoms with Gasteiger partial charge in [0, 0.05) is 0 Å². The van der Waals surface area contributed by atoms with Crippen LogP contribution >= 0.6 is 0 Å². The molecule has 0 fully saturated rings. The lowest BCUT2D eigenvalue weighted by molar-refractivity contribution is 0.219. The molecule has 0 heterocycles. The predicted octanol–water partition coefficient (Wildman–Crippen LogP) is 3.26. The Hall–Kier alpha value is -2.11. The molecule has 0 aliphatic heterocycles. The highest BCUT2D eigenvalue weighted by molar-refractivity contribution is 5.41. The van der Waals surface area contributed by atoms with Crippen LogP contribution in [0.15, 0.2) is 42.5 Å². The van der Waals surface area contributed by atoms with Crippen molar-refractivity contribution in [3.05, 3.63) is 70.3 Å². The number of hydrogen-bond acceptors (Lipinski definition) is 2. The number of rotatable bonds is 2. The van der Waals surface area contributed by atoms with Crippen LogP contribution in [0.25, 0.3) is 0 Å². The quantitative estimate of drug-likeness (QED) is 0.871. The molecule has 2 rings (SSSR count). The van der Waals surface area contributed by atoms with Crippen molar-refractivity contribution in [2.24, 2.45) is 0 Å². The Bertz CT molecular complexity index is 611. The monoisotopic (exact) mass is 237 g/mol. The van der Waals surface area contributed by atoms with E-state index in [0.29, 0.717) is 5.56 Å². The fourth-order valence-electron chi connectivity index (χ4n) is 2.03. The van der Waals surface area contributed by atoms with Gasteiger partial charge in [-0.15, -0.1) is 0 Å². The van der Waals surface area contributed by atoms with Crippen LogP contribution in [0.4, 0.5) is 0 Å². The van der Waals surface area contributed by atoms with Gasteiger partial charge in [0.15, 0.2) is 0 Å². The molecule has 0 aromatic heterocycles. The van der Waals surface area contributed by atoms with Gasteiger partial charge in [-0.25, -0.2) is 0 Å². The number of hydrogen-bond donors (Lipinski definition) is 1. The number of nitrogens with zero attached hydrogens (tertiary/aromatic N) is 1. The summed E-state index contributed by atoms with van der Waals surface area (Å²) in [5.41, 5.74) is 4.46. The Morgan fingerprint density at radius 3 is 2.56 bits per heavy atom. The molecular formula is C16H15NO. The SMILES string of the molecule is Cc1cccc(C(O)c2cccc(C#N)c2)c1C. The summed E-state index contributed by atoms with van der Waals surface area (Å²) in [4.78, 5) is 0. The minimum Gasteiger partial charge on any atom is -0.384 e. The molecule has 1 atom stereocenters. The van der Waals surface area contributed by atoms with E-state index in [4.69, 9.17) is 5.26 Å². The minimum absolute atomic E-state index is 0.567. The molecule has 0 amide bonds. The molecule has 2 heteroatoms. The average Bonchev–Trinajstić information content (AvgIpc) is 2.41. The number of benzene rings is 2. The van der Waals surface area contributed by atoms with E-state index in [1.807, 2.05) is 38.1 Å². The molecule has 0 spiro atoms. The van der Waals surface area contributed by atoms with Crippen molar-refractivity contribution in [3.63, 3.8) is 0 Å². The topological polar surface area (TPSA) is 44.0 Å². The first-order chi connectivity index (χ1) is 8.63. The molecule has 2 aromatic rings. The van der Waals surface area contributed by atoms with Crippen molar-refractivity contribution in [2.75, 3.05) is 0 Å². The van der Waals surface area contributed by atoms with E-state index >= 15 is 0 Å². The Morgan fingerprint density at radius 2 is 1.83 bits per heavy atom. The summed E-state index contributed by atoms with van der Waals surface area (Å²) in [6, 6.07) is 15.1. The molecule has 1 unspecified atom stereocenters. The summed E-state index contributed by atoms with van der Waals surface area (Å²) >= 11 is 0. The molecule has 90 valence electrons. The van der Waals surface area contributed by atoms with Crippen LogP contribution in [0.5, 0.6) is 0 Å². The van der Waals surface area contributed by atoms with Crippen LogP contribution in [0.2, 0.25) is 0 Å². The Balaban J connectivity index is 2.45. The predicted molar refractivity (Wildman–Crippen MR) is 71.1 cm³/mol. The first-order valence-corrected chi connectivity index (χ1v) is 5.87. The highest BCUT2D eigenvalue weighted by Gasteiger charge is 2.13. The van der Waals surface area contributed by atoms with Gasteiger partial charge >= 0.3 is 0 Å². The van der Waals surface area contributed by atoms with Gasteiger partial charge in [-0.1, -0.05) is 30.3 Å². The van der Waals surface area contributed by atoms with E-state index in [1.54, 1.807) is 18.2 Å². The second kappa shape index (κ2) is 5.03. The highest BCUT2D eigenvalue weighted by atomic mass is 16.3. The third-order valence-electron chi connectivity index (χ3n) is 3.27. The number of nitriles is 1. The number of aliphatic hydroxyl groups is 1. The van der Waals surface area contributed by atoms with Crippen molar-refractivity contribution in [3.8, 4) is 6.07 Å². The summed E-state index contributed by atoms with van der Waals surface area (Å²) in [5, 5.41) is 19.3. The molecule has 0 saturated heterocycles. The molecule has 18 heavy (non-hydrogen) atoms. The maximum absolute atomic E-state index is 10.4. The van der Waals surface area contributed by atoms with Gasteiger partial charge in [0.25, 0.3) is 0 Å². The van der Waals surface area contributed by atoms with Gasteiger partial charge in [-0.05, 0) is 48.2 Å². The molecule has 0 aliphatic rings. The van der Waals surface area contributed by atoms with Gasteiger partial charge in [-0.3, -0.25) is 0 Å². The van der Waals surface area contributed by atoms with Crippen LogP contribution in [-0.2, 0) is 0 Å². The third kappa shape index (κ3) is 2.27. The second-order valence-corrected chi connectivity index (χ2v) is 4.43. The maximum atomic E-state index is 10.4. The number of aliphatic hydroxyl groups excluding tert-OH is 1. The Labute approximate surface area is 107 Å². The summed E-state index contributed by atoms with van der Waals surface area (Å²) in [7, 11) is 0. The summed E-state index contributed by atoms with van der Waals surface area (Å²) in [6.07, 6.45) is -0.682. The van der Waals surface area contributed by atoms with Crippen molar-refractivity contribution in [2.45, 2.75) is 20.0 Å². The zero-order valence-electron chi connectivity index (χ0n) is 10.5. The summed E-state index contributed by atoms with van der Waals surface area (Å²) < 4.78 is 0. The smallest absolute Gasteiger partial charge is 0.104 e. The van der Waals surface area contributed by atoms with Crippen molar-refractivity contribution in [1.82, 2.24) is 0 Å². The molecule has 0 saturated carbocycles. The zero-order chi connectivity index (χ0) is 13.1. The van der Waals surface area contributed by atoms with E-state index in [1.165, 1.54) is 0 Å². The van der Waals surface area contributed by atoms with Crippen LogP contribution < -0.4 is 0 Å². The van der Waals surface area contributed by atoms with Gasteiger partial charge < -0.3 is 5.11 Å². The molecule has 2 nitrogen and oxygen atoms in total. The van der Waals surface area contributed by atoms with E-state index in [9.17, 15) is 5.11 Å². The van der Waals surface area contributed by atoms with Gasteiger partial charge in [0.05, 0.1) is 11.6 Å². The van der Waals surface area contributed by atoms with Crippen LogP contribution in [0.3, 0.4) is 0 Å². The normalized spacial score (nSPS) is 11.9. The van der Waals surface area contributed by atoms with Crippen LogP contribution in [-0.4, -0.2) is 5.11 Å². The third-order valence-corrected chi connectivity index (χ3v) is 3.27. The van der Waals surface area contributed by atoms with E-state index in [-0.39, 0.29) is 0 Å². The molecule has 0 bridgehead atoms. The van der Waals surface area contributed by atoms with E-state index < -0.39 is 6.10 Å². The molecule has 2 aromatic carbocycles. The number of aryl methyl sites for hydroxylation is 1. The lowest BCUT2D eigenvalue weighted by Gasteiger charge is -2.15.